The smallest absolute Gasteiger partial charge is 0.226 e. The van der Waals surface area contributed by atoms with Crippen LogP contribution >= 0.6 is 23.2 Å². The standard InChI is InChI=1S/C28H35Cl2NO6S/c1-17(2)25(15-38(33,34)18(3)4)31-27(19-8-10-22(29)11-9-19)24(20-6-5-7-23(30)12-20)13-21(28(31)32)14-26-35-16-36-37-26/h5-12,17-18,21,24-27H,13-16H2,1-4H3/t21?,24-,25-,26?,27?/m1/s1. The molecule has 2 saturated heterocycles. The van der Waals surface area contributed by atoms with Crippen molar-refractivity contribution >= 4 is 38.9 Å². The summed E-state index contributed by atoms with van der Waals surface area (Å²) in [5.41, 5.74) is 1.86. The number of sulfone groups is 1. The minimum atomic E-state index is -3.46. The van der Waals surface area contributed by atoms with Crippen molar-refractivity contribution in [2.24, 2.45) is 11.8 Å². The second-order valence-electron chi connectivity index (χ2n) is 10.7. The van der Waals surface area contributed by atoms with E-state index in [1.54, 1.807) is 26.0 Å². The van der Waals surface area contributed by atoms with Crippen LogP contribution in [0.4, 0.5) is 0 Å². The molecule has 0 radical (unpaired) electrons. The molecule has 2 aliphatic rings. The molecule has 0 aromatic heterocycles. The average Bonchev–Trinajstić information content (AvgIpc) is 3.37. The molecule has 2 aromatic rings. The predicted molar refractivity (Wildman–Crippen MR) is 147 cm³/mol. The Morgan fingerprint density at radius 2 is 1.71 bits per heavy atom. The Kier molecular flexibility index (Phi) is 9.43. The lowest BCUT2D eigenvalue weighted by molar-refractivity contribution is -0.279. The summed E-state index contributed by atoms with van der Waals surface area (Å²) in [6.45, 7) is 7.27. The highest BCUT2D eigenvalue weighted by molar-refractivity contribution is 7.92. The van der Waals surface area contributed by atoms with E-state index in [2.05, 4.69) is 0 Å². The molecular formula is C28H35Cl2NO6S. The average molecular weight is 585 g/mol. The maximum Gasteiger partial charge on any atom is 0.226 e. The van der Waals surface area contributed by atoms with Crippen LogP contribution in [-0.4, -0.2) is 49.4 Å². The molecule has 2 fully saturated rings. The first kappa shape index (κ1) is 29.3. The number of halogens is 2. The lowest BCUT2D eigenvalue weighted by atomic mass is 9.73. The van der Waals surface area contributed by atoms with Crippen LogP contribution in [0, 0.1) is 11.8 Å². The van der Waals surface area contributed by atoms with Gasteiger partial charge in [-0.05, 0) is 61.6 Å². The molecule has 5 atom stereocenters. The monoisotopic (exact) mass is 583 g/mol. The van der Waals surface area contributed by atoms with Crippen LogP contribution in [0.5, 0.6) is 0 Å². The van der Waals surface area contributed by atoms with E-state index in [9.17, 15) is 13.2 Å². The number of piperidine rings is 1. The Morgan fingerprint density at radius 1 is 1.00 bits per heavy atom. The summed E-state index contributed by atoms with van der Waals surface area (Å²) in [6, 6.07) is 14.1. The van der Waals surface area contributed by atoms with E-state index in [0.717, 1.165) is 11.1 Å². The van der Waals surface area contributed by atoms with E-state index in [1.165, 1.54) is 0 Å². The first-order valence-electron chi connectivity index (χ1n) is 12.9. The summed E-state index contributed by atoms with van der Waals surface area (Å²) in [5.74, 6) is -1.02. The topological polar surface area (TPSA) is 82.1 Å². The summed E-state index contributed by atoms with van der Waals surface area (Å²) in [5, 5.41) is 0.614. The van der Waals surface area contributed by atoms with Gasteiger partial charge in [0.05, 0.1) is 17.0 Å². The molecule has 0 saturated carbocycles. The lowest BCUT2D eigenvalue weighted by Crippen LogP contribution is -2.56. The molecule has 3 unspecified atom stereocenters. The highest BCUT2D eigenvalue weighted by atomic mass is 35.5. The number of hydrogen-bond donors (Lipinski definition) is 0. The SMILES string of the molecule is CC(C)[C@@H](CS(=O)(=O)C(C)C)N1C(=O)C(CC2OCOO2)C[C@H](c2cccc(Cl)c2)C1c1ccc(Cl)cc1. The van der Waals surface area contributed by atoms with E-state index in [-0.39, 0.29) is 30.3 Å². The zero-order valence-corrected chi connectivity index (χ0v) is 24.4. The molecule has 1 amide bonds. The fourth-order valence-electron chi connectivity index (χ4n) is 5.35. The molecule has 4 rings (SSSR count). The summed E-state index contributed by atoms with van der Waals surface area (Å²) >= 11 is 12.6. The Labute approximate surface area is 235 Å². The molecule has 0 spiro atoms. The Bertz CT molecular complexity index is 1210. The van der Waals surface area contributed by atoms with Crippen LogP contribution in [0.2, 0.25) is 10.0 Å². The molecule has 0 N–H and O–H groups in total. The maximum atomic E-state index is 14.3. The van der Waals surface area contributed by atoms with E-state index >= 15 is 0 Å². The summed E-state index contributed by atoms with van der Waals surface area (Å²) < 4.78 is 31.9. The zero-order valence-electron chi connectivity index (χ0n) is 22.0. The number of carbonyl (C=O) groups excluding carboxylic acids is 1. The van der Waals surface area contributed by atoms with Gasteiger partial charge in [-0.15, -0.1) is 0 Å². The molecule has 0 bridgehead atoms. The van der Waals surface area contributed by atoms with Gasteiger partial charge in [0.2, 0.25) is 5.91 Å². The number of benzene rings is 2. The van der Waals surface area contributed by atoms with Gasteiger partial charge in [-0.2, -0.15) is 0 Å². The first-order chi connectivity index (χ1) is 18.0. The minimum Gasteiger partial charge on any atom is -0.331 e. The van der Waals surface area contributed by atoms with Crippen molar-refractivity contribution in [3.63, 3.8) is 0 Å². The van der Waals surface area contributed by atoms with Crippen molar-refractivity contribution < 1.29 is 27.7 Å². The Balaban J connectivity index is 1.87. The van der Waals surface area contributed by atoms with Crippen molar-refractivity contribution in [1.82, 2.24) is 4.90 Å². The quantitative estimate of drug-likeness (QED) is 0.328. The minimum absolute atomic E-state index is 0.00165. The van der Waals surface area contributed by atoms with E-state index in [0.29, 0.717) is 22.9 Å². The van der Waals surface area contributed by atoms with Gasteiger partial charge < -0.3 is 9.64 Å². The second kappa shape index (κ2) is 12.2. The van der Waals surface area contributed by atoms with Gasteiger partial charge in [0.1, 0.15) is 0 Å². The summed E-state index contributed by atoms with van der Waals surface area (Å²) in [4.78, 5) is 26.3. The molecular weight excluding hydrogens is 549 g/mol. The van der Waals surface area contributed by atoms with E-state index in [4.69, 9.17) is 37.7 Å². The van der Waals surface area contributed by atoms with Crippen molar-refractivity contribution in [2.75, 3.05) is 12.5 Å². The van der Waals surface area contributed by atoms with Crippen LogP contribution in [0.1, 0.15) is 63.6 Å². The van der Waals surface area contributed by atoms with Crippen LogP contribution in [0.3, 0.4) is 0 Å². The molecule has 0 aliphatic carbocycles. The second-order valence-corrected chi connectivity index (χ2v) is 14.2. The van der Waals surface area contributed by atoms with Crippen molar-refractivity contribution in [3.05, 3.63) is 69.7 Å². The number of nitrogens with zero attached hydrogens (tertiary/aromatic N) is 1. The highest BCUT2D eigenvalue weighted by Crippen LogP contribution is 2.48. The molecule has 2 aliphatic heterocycles. The normalized spacial score (nSPS) is 25.4. The summed E-state index contributed by atoms with van der Waals surface area (Å²) in [7, 11) is -3.46. The number of rotatable bonds is 9. The van der Waals surface area contributed by atoms with E-state index in [1.807, 2.05) is 55.1 Å². The van der Waals surface area contributed by atoms with Gasteiger partial charge >= 0.3 is 0 Å². The van der Waals surface area contributed by atoms with Crippen LogP contribution in [-0.2, 0) is 29.1 Å². The third-order valence-corrected chi connectivity index (χ3v) is 10.2. The molecule has 7 nitrogen and oxygen atoms in total. The fraction of sp³-hybridized carbons (Fsp3) is 0.536. The third-order valence-electron chi connectivity index (χ3n) is 7.51. The van der Waals surface area contributed by atoms with Crippen molar-refractivity contribution in [2.45, 2.75) is 70.1 Å². The lowest BCUT2D eigenvalue weighted by Gasteiger charge is -2.49. The molecule has 208 valence electrons. The van der Waals surface area contributed by atoms with Gasteiger partial charge in [-0.3, -0.25) is 4.79 Å². The molecule has 2 aromatic carbocycles. The van der Waals surface area contributed by atoms with Crippen molar-refractivity contribution in [3.8, 4) is 0 Å². The predicted octanol–water partition coefficient (Wildman–Crippen LogP) is 6.17. The summed E-state index contributed by atoms with van der Waals surface area (Å²) in [6.07, 6.45) is 0.130. The molecule has 2 heterocycles. The van der Waals surface area contributed by atoms with Crippen LogP contribution in [0.15, 0.2) is 48.5 Å². The van der Waals surface area contributed by atoms with Gasteiger partial charge in [0, 0.05) is 34.3 Å². The van der Waals surface area contributed by atoms with Crippen LogP contribution in [0.25, 0.3) is 0 Å². The van der Waals surface area contributed by atoms with Crippen molar-refractivity contribution in [1.29, 1.82) is 0 Å². The maximum absolute atomic E-state index is 14.3. The Morgan fingerprint density at radius 3 is 2.29 bits per heavy atom. The number of amides is 1. The van der Waals surface area contributed by atoms with Crippen LogP contribution < -0.4 is 0 Å². The number of hydrogen-bond acceptors (Lipinski definition) is 6. The first-order valence-corrected chi connectivity index (χ1v) is 15.4. The third kappa shape index (κ3) is 6.54. The van der Waals surface area contributed by atoms with Gasteiger partial charge in [-0.1, -0.05) is 61.3 Å². The largest absolute Gasteiger partial charge is 0.331 e. The number of ether oxygens (including phenoxy) is 1. The number of carbonyl (C=O) groups is 1. The highest BCUT2D eigenvalue weighted by Gasteiger charge is 2.48. The van der Waals surface area contributed by atoms with Gasteiger partial charge in [0.25, 0.3) is 0 Å². The number of likely N-dealkylation sites (tertiary alicyclic amines) is 1. The fourth-order valence-corrected chi connectivity index (χ4v) is 7.08. The Hall–Kier alpha value is -1.68. The van der Waals surface area contributed by atoms with Gasteiger partial charge in [0.15, 0.2) is 22.9 Å². The molecule has 38 heavy (non-hydrogen) atoms. The van der Waals surface area contributed by atoms with Gasteiger partial charge in [-0.25, -0.2) is 18.2 Å². The van der Waals surface area contributed by atoms with E-state index < -0.39 is 39.4 Å². The molecule has 10 heteroatoms. The zero-order chi connectivity index (χ0) is 27.6.